The second kappa shape index (κ2) is 5.71. The third kappa shape index (κ3) is 2.72. The van der Waals surface area contributed by atoms with Gasteiger partial charge in [0.25, 0.3) is 5.91 Å². The van der Waals surface area contributed by atoms with Crippen molar-refractivity contribution in [3.05, 3.63) is 23.2 Å². The largest absolute Gasteiger partial charge is 0.481 e. The summed E-state index contributed by atoms with van der Waals surface area (Å²) in [5.41, 5.74) is 0.528. The monoisotopic (exact) mass is 297 g/mol. The smallest absolute Gasteiger partial charge is 0.305 e. The van der Waals surface area contributed by atoms with Gasteiger partial charge in [-0.2, -0.15) is 0 Å². The zero-order valence-corrected chi connectivity index (χ0v) is 12.1. The molecule has 0 bridgehead atoms. The molecule has 1 N–H and O–H groups in total. The van der Waals surface area contributed by atoms with Crippen molar-refractivity contribution < 1.29 is 19.4 Å². The Morgan fingerprint density at radius 1 is 1.50 bits per heavy atom. The number of halogens is 1. The van der Waals surface area contributed by atoms with Crippen LogP contribution < -0.4 is 9.64 Å². The molecule has 0 saturated heterocycles. The van der Waals surface area contributed by atoms with E-state index in [1.54, 1.807) is 18.2 Å². The van der Waals surface area contributed by atoms with Crippen LogP contribution in [0, 0.1) is 5.92 Å². The first-order valence-corrected chi connectivity index (χ1v) is 6.78. The SMILES string of the molecule is CC(C)C1Oc2c(Cl)cccc2N(CCC(=O)O)C1=O. The van der Waals surface area contributed by atoms with E-state index in [-0.39, 0.29) is 24.8 Å². The lowest BCUT2D eigenvalue weighted by Crippen LogP contribution is -2.49. The summed E-state index contributed by atoms with van der Waals surface area (Å²) in [6.07, 6.45) is -0.765. The highest BCUT2D eigenvalue weighted by atomic mass is 35.5. The number of rotatable bonds is 4. The molecule has 0 fully saturated rings. The highest BCUT2D eigenvalue weighted by Gasteiger charge is 2.37. The lowest BCUT2D eigenvalue weighted by molar-refractivity contribution is -0.136. The van der Waals surface area contributed by atoms with Crippen LogP contribution in [0.2, 0.25) is 5.02 Å². The van der Waals surface area contributed by atoms with E-state index >= 15 is 0 Å². The Hall–Kier alpha value is -1.75. The number of hydrogen-bond acceptors (Lipinski definition) is 3. The van der Waals surface area contributed by atoms with Gasteiger partial charge in [-0.1, -0.05) is 31.5 Å². The summed E-state index contributed by atoms with van der Waals surface area (Å²) in [7, 11) is 0. The average Bonchev–Trinajstić information content (AvgIpc) is 2.37. The maximum absolute atomic E-state index is 12.4. The molecule has 2 rings (SSSR count). The molecule has 1 amide bonds. The molecule has 1 unspecified atom stereocenters. The van der Waals surface area contributed by atoms with E-state index in [1.165, 1.54) is 4.90 Å². The van der Waals surface area contributed by atoms with E-state index in [0.717, 1.165) is 0 Å². The molecule has 1 atom stereocenters. The summed E-state index contributed by atoms with van der Waals surface area (Å²) < 4.78 is 5.70. The van der Waals surface area contributed by atoms with Crippen molar-refractivity contribution in [3.8, 4) is 5.75 Å². The van der Waals surface area contributed by atoms with E-state index in [4.69, 9.17) is 21.4 Å². The van der Waals surface area contributed by atoms with Crippen LogP contribution in [0.15, 0.2) is 18.2 Å². The number of carbonyl (C=O) groups excluding carboxylic acids is 1. The topological polar surface area (TPSA) is 66.8 Å². The van der Waals surface area contributed by atoms with Gasteiger partial charge in [0.2, 0.25) is 0 Å². The quantitative estimate of drug-likeness (QED) is 0.927. The number of amides is 1. The van der Waals surface area contributed by atoms with Gasteiger partial charge < -0.3 is 14.7 Å². The molecular formula is C14H16ClNO4. The fourth-order valence-electron chi connectivity index (χ4n) is 2.14. The predicted molar refractivity (Wildman–Crippen MR) is 75.3 cm³/mol. The number of carbonyl (C=O) groups is 2. The van der Waals surface area contributed by atoms with E-state index in [9.17, 15) is 9.59 Å². The first-order valence-electron chi connectivity index (χ1n) is 6.40. The lowest BCUT2D eigenvalue weighted by atomic mass is 10.0. The van der Waals surface area contributed by atoms with Crippen LogP contribution in [0.25, 0.3) is 0 Å². The molecule has 108 valence electrons. The first kappa shape index (κ1) is 14.7. The Bertz CT molecular complexity index is 544. The summed E-state index contributed by atoms with van der Waals surface area (Å²) >= 11 is 6.11. The van der Waals surface area contributed by atoms with Gasteiger partial charge in [-0.05, 0) is 18.1 Å². The molecule has 0 aliphatic carbocycles. The van der Waals surface area contributed by atoms with E-state index in [0.29, 0.717) is 16.5 Å². The maximum atomic E-state index is 12.4. The number of nitrogens with zero attached hydrogens (tertiary/aromatic N) is 1. The van der Waals surface area contributed by atoms with E-state index in [2.05, 4.69) is 0 Å². The number of benzene rings is 1. The first-order chi connectivity index (χ1) is 9.41. The van der Waals surface area contributed by atoms with Crippen LogP contribution in [-0.2, 0) is 9.59 Å². The highest BCUT2D eigenvalue weighted by Crippen LogP contribution is 2.40. The van der Waals surface area contributed by atoms with Crippen LogP contribution in [0.4, 0.5) is 5.69 Å². The van der Waals surface area contributed by atoms with Gasteiger partial charge in [0, 0.05) is 6.54 Å². The van der Waals surface area contributed by atoms with Crippen molar-refractivity contribution in [1.29, 1.82) is 0 Å². The van der Waals surface area contributed by atoms with Gasteiger partial charge in [-0.25, -0.2) is 0 Å². The second-order valence-corrected chi connectivity index (χ2v) is 5.41. The molecule has 1 aliphatic heterocycles. The minimum Gasteiger partial charge on any atom is -0.481 e. The second-order valence-electron chi connectivity index (χ2n) is 5.00. The molecule has 6 heteroatoms. The molecule has 1 aromatic carbocycles. The molecule has 1 aromatic rings. The van der Waals surface area contributed by atoms with Crippen LogP contribution in [0.5, 0.6) is 5.75 Å². The number of anilines is 1. The average molecular weight is 298 g/mol. The number of carboxylic acids is 1. The van der Waals surface area contributed by atoms with Crippen LogP contribution in [0.3, 0.4) is 0 Å². The Labute approximate surface area is 122 Å². The summed E-state index contributed by atoms with van der Waals surface area (Å²) in [4.78, 5) is 24.6. The molecular weight excluding hydrogens is 282 g/mol. The van der Waals surface area contributed by atoms with Crippen molar-refractivity contribution in [2.45, 2.75) is 26.4 Å². The van der Waals surface area contributed by atoms with Gasteiger partial charge in [0.05, 0.1) is 17.1 Å². The number of fused-ring (bicyclic) bond motifs is 1. The van der Waals surface area contributed by atoms with Crippen LogP contribution >= 0.6 is 11.6 Å². The number of carboxylic acid groups (broad SMARTS) is 1. The molecule has 5 nitrogen and oxygen atoms in total. The fraction of sp³-hybridized carbons (Fsp3) is 0.429. The van der Waals surface area contributed by atoms with Crippen LogP contribution in [0.1, 0.15) is 20.3 Å². The van der Waals surface area contributed by atoms with Gasteiger partial charge in [0.15, 0.2) is 11.9 Å². The fourth-order valence-corrected chi connectivity index (χ4v) is 2.35. The molecule has 0 spiro atoms. The van der Waals surface area contributed by atoms with E-state index < -0.39 is 12.1 Å². The zero-order valence-electron chi connectivity index (χ0n) is 11.3. The minimum atomic E-state index is -0.950. The predicted octanol–water partition coefficient (Wildman–Crippen LogP) is 2.56. The minimum absolute atomic E-state index is 0.0285. The van der Waals surface area contributed by atoms with Gasteiger partial charge >= 0.3 is 5.97 Å². The Kier molecular flexibility index (Phi) is 4.18. The van der Waals surface area contributed by atoms with Crippen molar-refractivity contribution in [1.82, 2.24) is 0 Å². The molecule has 0 radical (unpaired) electrons. The summed E-state index contributed by atoms with van der Waals surface area (Å²) in [5.74, 6) is -0.762. The summed E-state index contributed by atoms with van der Waals surface area (Å²) in [6.45, 7) is 3.85. The number of hydrogen-bond donors (Lipinski definition) is 1. The standard InChI is InChI=1S/C14H16ClNO4/c1-8(2)12-14(19)16(7-6-11(17)18)10-5-3-4-9(15)13(10)20-12/h3-5,8,12H,6-7H2,1-2H3,(H,17,18). The molecule has 0 saturated carbocycles. The Balaban J connectivity index is 2.40. The third-order valence-electron chi connectivity index (χ3n) is 3.15. The van der Waals surface area contributed by atoms with E-state index in [1.807, 2.05) is 13.8 Å². The number of aliphatic carboxylic acids is 1. The number of para-hydroxylation sites is 1. The Morgan fingerprint density at radius 3 is 2.80 bits per heavy atom. The third-order valence-corrected chi connectivity index (χ3v) is 3.44. The lowest BCUT2D eigenvalue weighted by Gasteiger charge is -2.36. The summed E-state index contributed by atoms with van der Waals surface area (Å²) in [5, 5.41) is 9.23. The van der Waals surface area contributed by atoms with Crippen molar-refractivity contribution in [2.75, 3.05) is 11.4 Å². The zero-order chi connectivity index (χ0) is 14.9. The normalized spacial score (nSPS) is 17.9. The van der Waals surface area contributed by atoms with Gasteiger partial charge in [-0.15, -0.1) is 0 Å². The van der Waals surface area contributed by atoms with Crippen molar-refractivity contribution in [3.63, 3.8) is 0 Å². The Morgan fingerprint density at radius 2 is 2.20 bits per heavy atom. The molecule has 1 aliphatic rings. The maximum Gasteiger partial charge on any atom is 0.305 e. The van der Waals surface area contributed by atoms with Gasteiger partial charge in [-0.3, -0.25) is 9.59 Å². The molecule has 1 heterocycles. The van der Waals surface area contributed by atoms with Crippen molar-refractivity contribution in [2.24, 2.45) is 5.92 Å². The highest BCUT2D eigenvalue weighted by molar-refractivity contribution is 6.32. The number of ether oxygens (including phenoxy) is 1. The molecule has 0 aromatic heterocycles. The summed E-state index contributed by atoms with van der Waals surface area (Å²) in [6, 6.07) is 5.10. The van der Waals surface area contributed by atoms with Crippen LogP contribution in [-0.4, -0.2) is 29.6 Å². The molecule has 20 heavy (non-hydrogen) atoms. The van der Waals surface area contributed by atoms with Crippen molar-refractivity contribution >= 4 is 29.2 Å². The van der Waals surface area contributed by atoms with Gasteiger partial charge in [0.1, 0.15) is 0 Å².